The number of aliphatic carboxylic acids is 1. The molecular formula is C23H36N4O4. The summed E-state index contributed by atoms with van der Waals surface area (Å²) in [7, 11) is 0. The number of aryl methyl sites for hydroxylation is 1. The second-order valence-electron chi connectivity index (χ2n) is 6.64. The number of fused-ring (bicyclic) bond motifs is 1. The molecule has 0 saturated heterocycles. The molecule has 0 aromatic carbocycles. The minimum Gasteiger partial charge on any atom is -0.481 e. The second kappa shape index (κ2) is 9.01. The number of carbonyl (C=O) groups is 1. The van der Waals surface area contributed by atoms with E-state index in [4.69, 9.17) is 27.4 Å². The Morgan fingerprint density at radius 3 is 2.45 bits per heavy atom. The Morgan fingerprint density at radius 1 is 1.23 bits per heavy atom. The first-order chi connectivity index (χ1) is 22.4. The molecule has 1 fully saturated rings. The van der Waals surface area contributed by atoms with Gasteiger partial charge in [-0.1, -0.05) is 34.0 Å². The van der Waals surface area contributed by atoms with Gasteiger partial charge >= 0.3 is 11.7 Å². The Hall–Kier alpha value is -2.38. The quantitative estimate of drug-likeness (QED) is 0.601. The molecule has 8 nitrogen and oxygen atoms in total. The number of aromatic amines is 1. The van der Waals surface area contributed by atoms with E-state index in [1.807, 2.05) is 0 Å². The highest BCUT2D eigenvalue weighted by Gasteiger charge is 2.42. The van der Waals surface area contributed by atoms with Crippen molar-refractivity contribution < 1.29 is 37.3 Å². The predicted molar refractivity (Wildman–Crippen MR) is 121 cm³/mol. The van der Waals surface area contributed by atoms with Crippen molar-refractivity contribution in [3.05, 3.63) is 26.7 Å². The van der Waals surface area contributed by atoms with Crippen molar-refractivity contribution in [3.63, 3.8) is 0 Å². The molecule has 0 spiro atoms. The molecule has 0 aliphatic heterocycles. The van der Waals surface area contributed by atoms with Crippen LogP contribution in [-0.2, 0) is 23.2 Å². The summed E-state index contributed by atoms with van der Waals surface area (Å²) < 4.78 is 172. The molecule has 2 aromatic rings. The predicted octanol–water partition coefficient (Wildman–Crippen LogP) is 3.80. The van der Waals surface area contributed by atoms with E-state index in [1.165, 1.54) is 13.8 Å². The fourth-order valence-electron chi connectivity index (χ4n) is 2.84. The highest BCUT2D eigenvalue weighted by atomic mass is 16.4. The number of nitrogens with one attached hydrogen (secondary N) is 1. The maximum atomic E-state index is 13.7. The standard InChI is InChI=1S/C23H36N4O4/c1-5-14-26-18-17(19(30)27(15-6-2)21(26)31)24-20(25-18)22(4)10-12-23(7-3,13-11-22)9-8-16(28)29/h5-15H2,1-4H3,(H,24,25)(H,28,29)/i3D2,7D2,8D2,9D2,10D2,11D2,12D2,13D2,14D2,15D2. The number of aromatic nitrogens is 4. The van der Waals surface area contributed by atoms with Crippen LogP contribution in [0.1, 0.15) is 118 Å². The van der Waals surface area contributed by atoms with Crippen LogP contribution in [0.3, 0.4) is 0 Å². The van der Waals surface area contributed by atoms with E-state index in [-0.39, 0.29) is 9.13 Å². The van der Waals surface area contributed by atoms with Crippen molar-refractivity contribution in [1.82, 2.24) is 19.1 Å². The molecule has 0 bridgehead atoms. The molecule has 1 aliphatic carbocycles. The first-order valence-corrected chi connectivity index (χ1v) is 9.28. The number of hydrogen-bond acceptors (Lipinski definition) is 4. The molecule has 172 valence electrons. The summed E-state index contributed by atoms with van der Waals surface area (Å²) in [5, 5.41) is 9.65. The fraction of sp³-hybridized carbons (Fsp3) is 0.739. The first-order valence-electron chi connectivity index (χ1n) is 19.4. The van der Waals surface area contributed by atoms with Crippen molar-refractivity contribution in [2.75, 3.05) is 0 Å². The topological polar surface area (TPSA) is 110 Å². The van der Waals surface area contributed by atoms with Crippen LogP contribution in [0.4, 0.5) is 0 Å². The van der Waals surface area contributed by atoms with Gasteiger partial charge < -0.3 is 10.1 Å². The van der Waals surface area contributed by atoms with Gasteiger partial charge in [-0.05, 0) is 50.1 Å². The van der Waals surface area contributed by atoms with Gasteiger partial charge in [0.1, 0.15) is 11.3 Å². The zero-order valence-electron chi connectivity index (χ0n) is 37.0. The highest BCUT2D eigenvalue weighted by molar-refractivity contribution is 5.70. The van der Waals surface area contributed by atoms with Crippen LogP contribution in [0.2, 0.25) is 0 Å². The van der Waals surface area contributed by atoms with Gasteiger partial charge in [-0.2, -0.15) is 0 Å². The number of carboxylic acids is 1. The smallest absolute Gasteiger partial charge is 0.332 e. The van der Waals surface area contributed by atoms with Gasteiger partial charge in [0.05, 0.1) is 2.74 Å². The summed E-state index contributed by atoms with van der Waals surface area (Å²) in [6, 6.07) is 0. The molecule has 0 unspecified atom stereocenters. The number of H-pyrrole nitrogens is 1. The van der Waals surface area contributed by atoms with Crippen molar-refractivity contribution in [2.24, 2.45) is 5.41 Å². The minimum atomic E-state index is -4.87. The van der Waals surface area contributed by atoms with Crippen LogP contribution >= 0.6 is 0 Å². The van der Waals surface area contributed by atoms with Gasteiger partial charge in [-0.25, -0.2) is 9.78 Å². The largest absolute Gasteiger partial charge is 0.481 e. The lowest BCUT2D eigenvalue weighted by Gasteiger charge is -2.44. The van der Waals surface area contributed by atoms with Gasteiger partial charge in [0.2, 0.25) is 0 Å². The molecule has 2 aromatic heterocycles. The number of imidazole rings is 1. The summed E-state index contributed by atoms with van der Waals surface area (Å²) in [6.45, 7) is -5.91. The van der Waals surface area contributed by atoms with Gasteiger partial charge in [0, 0.05) is 49.5 Å². The van der Waals surface area contributed by atoms with Crippen LogP contribution in [0.15, 0.2) is 9.59 Å². The van der Waals surface area contributed by atoms with E-state index in [0.29, 0.717) is 6.92 Å². The average molecular weight is 453 g/mol. The zero-order valence-corrected chi connectivity index (χ0v) is 17.0. The molecule has 0 atom stereocenters. The lowest BCUT2D eigenvalue weighted by Crippen LogP contribution is -2.40. The van der Waals surface area contributed by atoms with Crippen LogP contribution in [0.25, 0.3) is 11.2 Å². The lowest BCUT2D eigenvalue weighted by atomic mass is 9.61. The Kier molecular flexibility index (Phi) is 2.48. The molecule has 3 rings (SSSR count). The van der Waals surface area contributed by atoms with Crippen molar-refractivity contribution in [3.8, 4) is 0 Å². The van der Waals surface area contributed by atoms with Crippen LogP contribution < -0.4 is 11.2 Å². The summed E-state index contributed by atoms with van der Waals surface area (Å²) >= 11 is 0. The van der Waals surface area contributed by atoms with E-state index in [2.05, 4.69) is 9.97 Å². The van der Waals surface area contributed by atoms with Crippen molar-refractivity contribution >= 4 is 17.1 Å². The van der Waals surface area contributed by atoms with E-state index in [0.717, 1.165) is 0 Å². The monoisotopic (exact) mass is 452 g/mol. The summed E-state index contributed by atoms with van der Waals surface area (Å²) in [4.78, 5) is 45.3. The summed E-state index contributed by atoms with van der Waals surface area (Å²) in [5.41, 5.74) is -13.6. The third-order valence-electron chi connectivity index (χ3n) is 4.38. The third-order valence-corrected chi connectivity index (χ3v) is 4.38. The highest BCUT2D eigenvalue weighted by Crippen LogP contribution is 2.50. The van der Waals surface area contributed by atoms with E-state index < -0.39 is 122 Å². The number of carboxylic acid groups (broad SMARTS) is 1. The minimum absolute atomic E-state index is 0.000529. The molecule has 2 N–H and O–H groups in total. The Morgan fingerprint density at radius 2 is 1.87 bits per heavy atom. The van der Waals surface area contributed by atoms with Gasteiger partial charge in [0.15, 0.2) is 5.65 Å². The van der Waals surface area contributed by atoms with E-state index in [9.17, 15) is 19.5 Å². The van der Waals surface area contributed by atoms with Gasteiger partial charge in [0.25, 0.3) is 5.56 Å². The normalized spacial score (nSPS) is 42.5. The molecule has 8 heteroatoms. The maximum absolute atomic E-state index is 13.7. The number of rotatable bonds is 9. The SMILES string of the molecule is [2H]C([2H])C([2H])([2H])C1(C([2H])([2H])C([2H])([2H])C(=O)O)C([2H])([2H])C([2H])([2H])C(C)(c2nc3c([nH]2)c(=O)n(C([2H])([2H])CC)c(=O)n3C([2H])([2H])CC)C([2H])([2H])C1([2H])[2H]. The van der Waals surface area contributed by atoms with Crippen LogP contribution in [0, 0.1) is 5.41 Å². The van der Waals surface area contributed by atoms with E-state index >= 15 is 0 Å². The molecule has 0 amide bonds. The second-order valence-corrected chi connectivity index (χ2v) is 6.64. The van der Waals surface area contributed by atoms with Crippen LogP contribution in [0.5, 0.6) is 0 Å². The van der Waals surface area contributed by atoms with Crippen LogP contribution in [-0.4, -0.2) is 30.2 Å². The van der Waals surface area contributed by atoms with Gasteiger partial charge in [-0.3, -0.25) is 18.7 Å². The molecule has 1 saturated carbocycles. The zero-order chi connectivity index (χ0) is 40.5. The third kappa shape index (κ3) is 4.34. The number of nitrogens with zero attached hydrogens (tertiary/aromatic N) is 3. The van der Waals surface area contributed by atoms with Crippen molar-refractivity contribution in [2.45, 2.75) is 104 Å². The average Bonchev–Trinajstić information content (AvgIpc) is 3.40. The van der Waals surface area contributed by atoms with Crippen molar-refractivity contribution in [1.29, 1.82) is 0 Å². The Balaban J connectivity index is 2.76. The Labute approximate surface area is 210 Å². The molecule has 0 radical (unpaired) electrons. The number of hydrogen-bond donors (Lipinski definition) is 2. The van der Waals surface area contributed by atoms with Gasteiger partial charge in [-0.15, -0.1) is 0 Å². The molecular weight excluding hydrogens is 396 g/mol. The maximum Gasteiger partial charge on any atom is 0.332 e. The summed E-state index contributed by atoms with van der Waals surface area (Å²) in [6.07, 6.45) is -32.9. The molecule has 2 heterocycles. The lowest BCUT2D eigenvalue weighted by molar-refractivity contribution is -0.137. The fourth-order valence-corrected chi connectivity index (χ4v) is 2.84. The Bertz CT molecular complexity index is 1830. The summed E-state index contributed by atoms with van der Waals surface area (Å²) in [5.74, 6) is -4.05. The molecule has 31 heavy (non-hydrogen) atoms. The van der Waals surface area contributed by atoms with E-state index in [1.54, 1.807) is 0 Å². The molecule has 1 aliphatic rings. The first kappa shape index (κ1) is 8.52.